The zero-order chi connectivity index (χ0) is 15.2. The largest absolute Gasteiger partial charge is 0.383 e. The molecule has 0 aliphatic rings. The number of benzene rings is 1. The van der Waals surface area contributed by atoms with Crippen LogP contribution in [0.15, 0.2) is 32.0 Å². The standard InChI is InChI=1S/C12H18Br2N2O3S/c1-16(7-8-19-2)6-5-15-20(17,18)12-4-3-10(13)9-11(12)14/h3-4,9,15H,5-8H2,1-2H3. The fourth-order valence-electron chi connectivity index (χ4n) is 1.50. The molecule has 0 aliphatic carbocycles. The van der Waals surface area contributed by atoms with E-state index in [1.165, 1.54) is 0 Å². The molecule has 0 bridgehead atoms. The second kappa shape index (κ2) is 8.45. The zero-order valence-electron chi connectivity index (χ0n) is 11.4. The van der Waals surface area contributed by atoms with Gasteiger partial charge in [0.2, 0.25) is 10.0 Å². The maximum atomic E-state index is 12.2. The van der Waals surface area contributed by atoms with Gasteiger partial charge in [0.25, 0.3) is 0 Å². The van der Waals surface area contributed by atoms with Crippen molar-refractivity contribution in [2.45, 2.75) is 4.90 Å². The van der Waals surface area contributed by atoms with Crippen LogP contribution < -0.4 is 4.72 Å². The summed E-state index contributed by atoms with van der Waals surface area (Å²) in [5, 5.41) is 0. The molecule has 1 aromatic carbocycles. The summed E-state index contributed by atoms with van der Waals surface area (Å²) in [6.45, 7) is 2.36. The summed E-state index contributed by atoms with van der Waals surface area (Å²) in [5.74, 6) is 0. The lowest BCUT2D eigenvalue weighted by Crippen LogP contribution is -2.34. The van der Waals surface area contributed by atoms with Crippen LogP contribution >= 0.6 is 31.9 Å². The molecule has 0 aliphatic heterocycles. The van der Waals surface area contributed by atoms with Crippen molar-refractivity contribution in [3.05, 3.63) is 27.1 Å². The maximum absolute atomic E-state index is 12.2. The van der Waals surface area contributed by atoms with Gasteiger partial charge in [-0.2, -0.15) is 0 Å². The van der Waals surface area contributed by atoms with Gasteiger partial charge in [0.05, 0.1) is 11.5 Å². The summed E-state index contributed by atoms with van der Waals surface area (Å²) >= 11 is 6.56. The van der Waals surface area contributed by atoms with Crippen molar-refractivity contribution in [2.24, 2.45) is 0 Å². The van der Waals surface area contributed by atoms with Crippen molar-refractivity contribution in [1.82, 2.24) is 9.62 Å². The van der Waals surface area contributed by atoms with Gasteiger partial charge in [-0.1, -0.05) is 15.9 Å². The number of ether oxygens (including phenoxy) is 1. The number of likely N-dealkylation sites (N-methyl/N-ethyl adjacent to an activating group) is 1. The lowest BCUT2D eigenvalue weighted by molar-refractivity contribution is 0.162. The number of methoxy groups -OCH3 is 1. The molecule has 5 nitrogen and oxygen atoms in total. The highest BCUT2D eigenvalue weighted by Crippen LogP contribution is 2.25. The zero-order valence-corrected chi connectivity index (χ0v) is 15.4. The van der Waals surface area contributed by atoms with Crippen LogP contribution in [-0.4, -0.2) is 53.7 Å². The Kier molecular flexibility index (Phi) is 7.63. The topological polar surface area (TPSA) is 58.6 Å². The van der Waals surface area contributed by atoms with E-state index in [9.17, 15) is 8.42 Å². The lowest BCUT2D eigenvalue weighted by atomic mass is 10.4. The molecule has 20 heavy (non-hydrogen) atoms. The van der Waals surface area contributed by atoms with Gasteiger partial charge in [-0.15, -0.1) is 0 Å². The molecule has 0 unspecified atom stereocenters. The van der Waals surface area contributed by atoms with E-state index in [1.54, 1.807) is 25.3 Å². The Morgan fingerprint density at radius 2 is 2.00 bits per heavy atom. The highest BCUT2D eigenvalue weighted by molar-refractivity contribution is 9.11. The van der Waals surface area contributed by atoms with E-state index in [1.807, 2.05) is 11.9 Å². The van der Waals surface area contributed by atoms with Crippen molar-refractivity contribution in [3.63, 3.8) is 0 Å². The molecule has 0 radical (unpaired) electrons. The molecule has 0 spiro atoms. The molecule has 0 saturated heterocycles. The van der Waals surface area contributed by atoms with Crippen LogP contribution in [0.3, 0.4) is 0 Å². The quantitative estimate of drug-likeness (QED) is 0.687. The van der Waals surface area contributed by atoms with Gasteiger partial charge < -0.3 is 9.64 Å². The average molecular weight is 430 g/mol. The van der Waals surface area contributed by atoms with Gasteiger partial charge in [-0.3, -0.25) is 0 Å². The molecule has 0 atom stereocenters. The number of hydrogen-bond donors (Lipinski definition) is 1. The van der Waals surface area contributed by atoms with Crippen molar-refractivity contribution in [3.8, 4) is 0 Å². The molecule has 0 heterocycles. The monoisotopic (exact) mass is 428 g/mol. The van der Waals surface area contributed by atoms with E-state index < -0.39 is 10.0 Å². The first-order valence-corrected chi connectivity index (χ1v) is 9.06. The van der Waals surface area contributed by atoms with E-state index in [2.05, 4.69) is 36.6 Å². The van der Waals surface area contributed by atoms with E-state index in [4.69, 9.17) is 4.74 Å². The first kappa shape index (κ1) is 18.1. The highest BCUT2D eigenvalue weighted by Gasteiger charge is 2.17. The predicted octanol–water partition coefficient (Wildman–Crippen LogP) is 2.07. The number of sulfonamides is 1. The van der Waals surface area contributed by atoms with Gasteiger partial charge in [0.15, 0.2) is 0 Å². The summed E-state index contributed by atoms with van der Waals surface area (Å²) in [7, 11) is 0.0605. The third kappa shape index (κ3) is 5.79. The molecule has 0 amide bonds. The molecule has 8 heteroatoms. The Labute approximate surface area is 137 Å². The predicted molar refractivity (Wildman–Crippen MR) is 86.4 cm³/mol. The molecule has 1 rings (SSSR count). The molecular weight excluding hydrogens is 412 g/mol. The van der Waals surface area contributed by atoms with Crippen LogP contribution in [-0.2, 0) is 14.8 Å². The number of nitrogens with one attached hydrogen (secondary N) is 1. The average Bonchev–Trinajstić information content (AvgIpc) is 2.35. The first-order valence-electron chi connectivity index (χ1n) is 5.99. The Hall–Kier alpha value is 0.01000. The van der Waals surface area contributed by atoms with Crippen LogP contribution in [0.4, 0.5) is 0 Å². The number of rotatable bonds is 8. The van der Waals surface area contributed by atoms with Crippen molar-refractivity contribution < 1.29 is 13.2 Å². The van der Waals surface area contributed by atoms with Gasteiger partial charge in [0.1, 0.15) is 0 Å². The van der Waals surface area contributed by atoms with Crippen LogP contribution in [0.25, 0.3) is 0 Å². The Balaban J connectivity index is 2.58. The maximum Gasteiger partial charge on any atom is 0.241 e. The van der Waals surface area contributed by atoms with Crippen LogP contribution in [0.1, 0.15) is 0 Å². The summed E-state index contributed by atoms with van der Waals surface area (Å²) in [5.41, 5.74) is 0. The molecular formula is C12H18Br2N2O3S. The van der Waals surface area contributed by atoms with E-state index in [0.29, 0.717) is 24.2 Å². The molecule has 0 saturated carbocycles. The highest BCUT2D eigenvalue weighted by atomic mass is 79.9. The third-order valence-electron chi connectivity index (χ3n) is 2.65. The normalized spacial score (nSPS) is 12.1. The minimum absolute atomic E-state index is 0.236. The molecule has 1 aromatic rings. The van der Waals surface area contributed by atoms with Crippen LogP contribution in [0, 0.1) is 0 Å². The molecule has 114 valence electrons. The molecule has 0 fully saturated rings. The van der Waals surface area contributed by atoms with E-state index in [0.717, 1.165) is 11.0 Å². The van der Waals surface area contributed by atoms with Crippen molar-refractivity contribution >= 4 is 41.9 Å². The van der Waals surface area contributed by atoms with Crippen molar-refractivity contribution in [1.29, 1.82) is 0 Å². The third-order valence-corrected chi connectivity index (χ3v) is 5.58. The van der Waals surface area contributed by atoms with Gasteiger partial charge in [-0.25, -0.2) is 13.1 Å². The smallest absolute Gasteiger partial charge is 0.241 e. The van der Waals surface area contributed by atoms with Crippen LogP contribution in [0.5, 0.6) is 0 Å². The minimum atomic E-state index is -3.50. The summed E-state index contributed by atoms with van der Waals surface area (Å²) < 4.78 is 33.2. The summed E-state index contributed by atoms with van der Waals surface area (Å²) in [6.07, 6.45) is 0. The Bertz CT molecular complexity index is 538. The number of nitrogens with zero attached hydrogens (tertiary/aromatic N) is 1. The van der Waals surface area contributed by atoms with Gasteiger partial charge in [-0.05, 0) is 41.2 Å². The first-order chi connectivity index (χ1) is 9.36. The second-order valence-corrected chi connectivity index (χ2v) is 7.77. The van der Waals surface area contributed by atoms with E-state index in [-0.39, 0.29) is 4.90 Å². The van der Waals surface area contributed by atoms with Crippen molar-refractivity contribution in [2.75, 3.05) is 40.4 Å². The fraction of sp³-hybridized carbons (Fsp3) is 0.500. The van der Waals surface area contributed by atoms with Gasteiger partial charge >= 0.3 is 0 Å². The number of halogens is 2. The van der Waals surface area contributed by atoms with E-state index >= 15 is 0 Å². The molecule has 1 N–H and O–H groups in total. The minimum Gasteiger partial charge on any atom is -0.383 e. The lowest BCUT2D eigenvalue weighted by Gasteiger charge is -2.16. The van der Waals surface area contributed by atoms with Crippen LogP contribution in [0.2, 0.25) is 0 Å². The SMILES string of the molecule is COCCN(C)CCNS(=O)(=O)c1ccc(Br)cc1Br. The number of hydrogen-bond acceptors (Lipinski definition) is 4. The molecule has 0 aromatic heterocycles. The van der Waals surface area contributed by atoms with Gasteiger partial charge in [0, 0.05) is 35.7 Å². The summed E-state index contributed by atoms with van der Waals surface area (Å²) in [6, 6.07) is 4.97. The second-order valence-electron chi connectivity index (χ2n) is 4.27. The summed E-state index contributed by atoms with van der Waals surface area (Å²) in [4.78, 5) is 2.24. The Morgan fingerprint density at radius 1 is 1.30 bits per heavy atom. The fourth-order valence-corrected chi connectivity index (χ4v) is 4.27. The Morgan fingerprint density at radius 3 is 2.60 bits per heavy atom.